The van der Waals surface area contributed by atoms with E-state index in [0.717, 1.165) is 29.5 Å². The van der Waals surface area contributed by atoms with Crippen LogP contribution in [0.25, 0.3) is 11.1 Å². The highest BCUT2D eigenvalue weighted by molar-refractivity contribution is 5.87. The smallest absolute Gasteiger partial charge is 0.325 e. The number of carbonyl (C=O) groups is 1. The van der Waals surface area contributed by atoms with Crippen LogP contribution >= 0.6 is 0 Å². The van der Waals surface area contributed by atoms with Crippen molar-refractivity contribution in [3.8, 4) is 16.9 Å². The lowest BCUT2D eigenvalue weighted by molar-refractivity contribution is 0.155. The molecule has 1 unspecified atom stereocenters. The fourth-order valence-electron chi connectivity index (χ4n) is 4.20. The predicted molar refractivity (Wildman–Crippen MR) is 112 cm³/mol. The molecule has 1 N–H and O–H groups in total. The van der Waals surface area contributed by atoms with Crippen LogP contribution in [0.1, 0.15) is 43.7 Å². The van der Waals surface area contributed by atoms with Gasteiger partial charge >= 0.3 is 6.03 Å². The average molecular weight is 377 g/mol. The van der Waals surface area contributed by atoms with Crippen molar-refractivity contribution < 1.29 is 9.90 Å². The highest BCUT2D eigenvalue weighted by Crippen LogP contribution is 2.30. The van der Waals surface area contributed by atoms with E-state index < -0.39 is 0 Å². The number of aromatic hydroxyl groups is 1. The molecular formula is C23H27N3O2. The molecule has 0 aromatic heterocycles. The first kappa shape index (κ1) is 18.5. The second-order valence-corrected chi connectivity index (χ2v) is 7.79. The Balaban J connectivity index is 1.45. The second kappa shape index (κ2) is 8.05. The van der Waals surface area contributed by atoms with E-state index in [2.05, 4.69) is 11.1 Å². The quantitative estimate of drug-likeness (QED) is 0.833. The van der Waals surface area contributed by atoms with Crippen LogP contribution in [0.2, 0.25) is 0 Å². The van der Waals surface area contributed by atoms with E-state index in [1.165, 1.54) is 19.3 Å². The van der Waals surface area contributed by atoms with Gasteiger partial charge in [0.2, 0.25) is 0 Å². The molecule has 1 atom stereocenters. The standard InChI is InChI=1S/C23H27N3O2/c1-25(20-10-3-2-4-11-20)23(28)26-15-22(24-16-26)19-9-5-7-17(13-19)18-8-6-12-21(27)14-18/h5-9,12-14,16,20,22,27H,2-4,10-11,15H2,1H3. The van der Waals surface area contributed by atoms with Gasteiger partial charge in [-0.3, -0.25) is 9.89 Å². The van der Waals surface area contributed by atoms with Crippen molar-refractivity contribution in [2.24, 2.45) is 4.99 Å². The van der Waals surface area contributed by atoms with E-state index in [1.807, 2.05) is 42.3 Å². The highest BCUT2D eigenvalue weighted by atomic mass is 16.3. The SMILES string of the molecule is CN(C(=O)N1C=NC(c2cccc(-c3cccc(O)c3)c2)C1)C1CCCCC1. The zero-order valence-corrected chi connectivity index (χ0v) is 16.3. The summed E-state index contributed by atoms with van der Waals surface area (Å²) in [5, 5.41) is 9.74. The third-order valence-corrected chi connectivity index (χ3v) is 5.88. The maximum absolute atomic E-state index is 12.9. The summed E-state index contributed by atoms with van der Waals surface area (Å²) in [4.78, 5) is 21.1. The number of hydrogen-bond donors (Lipinski definition) is 1. The van der Waals surface area contributed by atoms with Crippen molar-refractivity contribution in [2.75, 3.05) is 13.6 Å². The predicted octanol–water partition coefficient (Wildman–Crippen LogP) is 4.83. The topological polar surface area (TPSA) is 56.1 Å². The first-order valence-electron chi connectivity index (χ1n) is 10.1. The fraction of sp³-hybridized carbons (Fsp3) is 0.391. The number of rotatable bonds is 3. The summed E-state index contributed by atoms with van der Waals surface area (Å²) in [5.74, 6) is 0.254. The van der Waals surface area contributed by atoms with Crippen LogP contribution in [-0.4, -0.2) is 46.9 Å². The summed E-state index contributed by atoms with van der Waals surface area (Å²) in [6.45, 7) is 0.569. The van der Waals surface area contributed by atoms with Crippen LogP contribution in [-0.2, 0) is 0 Å². The molecule has 4 rings (SSSR count). The highest BCUT2D eigenvalue weighted by Gasteiger charge is 2.29. The summed E-state index contributed by atoms with van der Waals surface area (Å²) < 4.78 is 0. The third kappa shape index (κ3) is 3.88. The van der Waals surface area contributed by atoms with Crippen LogP contribution in [0.3, 0.4) is 0 Å². The Hall–Kier alpha value is -2.82. The normalized spacial score (nSPS) is 19.8. The van der Waals surface area contributed by atoms with Crippen molar-refractivity contribution in [1.29, 1.82) is 0 Å². The van der Waals surface area contributed by atoms with Crippen LogP contribution in [0.5, 0.6) is 5.75 Å². The molecule has 0 bridgehead atoms. The molecule has 2 amide bonds. The maximum atomic E-state index is 12.9. The number of carbonyl (C=O) groups excluding carboxylic acids is 1. The molecule has 146 valence electrons. The number of benzene rings is 2. The molecule has 0 saturated heterocycles. The molecule has 1 fully saturated rings. The lowest BCUT2D eigenvalue weighted by Crippen LogP contribution is -2.45. The lowest BCUT2D eigenvalue weighted by Gasteiger charge is -2.33. The van der Waals surface area contributed by atoms with Crippen molar-refractivity contribution in [3.63, 3.8) is 0 Å². The number of phenolic OH excluding ortho intramolecular Hbond substituents is 1. The third-order valence-electron chi connectivity index (χ3n) is 5.88. The van der Waals surface area contributed by atoms with E-state index in [1.54, 1.807) is 23.4 Å². The summed E-state index contributed by atoms with van der Waals surface area (Å²) >= 11 is 0. The van der Waals surface area contributed by atoms with Gasteiger partial charge in [-0.1, -0.05) is 49.6 Å². The van der Waals surface area contributed by atoms with Gasteiger partial charge in [0.15, 0.2) is 0 Å². The van der Waals surface area contributed by atoms with E-state index in [9.17, 15) is 9.90 Å². The van der Waals surface area contributed by atoms with Gasteiger partial charge in [-0.2, -0.15) is 0 Å². The zero-order chi connectivity index (χ0) is 19.5. The molecule has 1 aliphatic carbocycles. The maximum Gasteiger partial charge on any atom is 0.325 e. The Morgan fingerprint density at radius 2 is 1.79 bits per heavy atom. The number of amides is 2. The zero-order valence-electron chi connectivity index (χ0n) is 16.3. The van der Waals surface area contributed by atoms with Crippen molar-refractivity contribution in [1.82, 2.24) is 9.80 Å². The molecule has 5 nitrogen and oxygen atoms in total. The minimum absolute atomic E-state index is 0.0438. The summed E-state index contributed by atoms with van der Waals surface area (Å²) in [6, 6.07) is 15.7. The molecule has 1 saturated carbocycles. The first-order valence-corrected chi connectivity index (χ1v) is 10.1. The van der Waals surface area contributed by atoms with Gasteiger partial charge in [0.05, 0.1) is 18.9 Å². The van der Waals surface area contributed by atoms with Gasteiger partial charge in [0, 0.05) is 13.1 Å². The Labute approximate surface area is 166 Å². The Morgan fingerprint density at radius 1 is 1.07 bits per heavy atom. The molecule has 0 spiro atoms. The van der Waals surface area contributed by atoms with Crippen molar-refractivity contribution in [3.05, 3.63) is 54.1 Å². The molecule has 5 heteroatoms. The van der Waals surface area contributed by atoms with Crippen LogP contribution in [0, 0.1) is 0 Å². The van der Waals surface area contributed by atoms with Crippen LogP contribution in [0.15, 0.2) is 53.5 Å². The van der Waals surface area contributed by atoms with E-state index >= 15 is 0 Å². The summed E-state index contributed by atoms with van der Waals surface area (Å²) in [5.41, 5.74) is 3.08. The molecule has 2 aliphatic rings. The summed E-state index contributed by atoms with van der Waals surface area (Å²) in [7, 11) is 1.92. The lowest BCUT2D eigenvalue weighted by atomic mass is 9.95. The van der Waals surface area contributed by atoms with Crippen LogP contribution in [0.4, 0.5) is 4.79 Å². The van der Waals surface area contributed by atoms with Gasteiger partial charge in [-0.05, 0) is 47.7 Å². The van der Waals surface area contributed by atoms with Crippen LogP contribution < -0.4 is 0 Å². The molecule has 1 aliphatic heterocycles. The number of phenols is 1. The monoisotopic (exact) mass is 377 g/mol. The number of aliphatic imine (C=N–C) groups is 1. The molecular weight excluding hydrogens is 350 g/mol. The summed E-state index contributed by atoms with van der Waals surface area (Å²) in [6.07, 6.45) is 7.58. The fourth-order valence-corrected chi connectivity index (χ4v) is 4.20. The number of nitrogens with zero attached hydrogens (tertiary/aromatic N) is 3. The molecule has 1 heterocycles. The Morgan fingerprint density at radius 3 is 2.54 bits per heavy atom. The van der Waals surface area contributed by atoms with Crippen molar-refractivity contribution >= 4 is 12.4 Å². The number of hydrogen-bond acceptors (Lipinski definition) is 3. The molecule has 28 heavy (non-hydrogen) atoms. The van der Waals surface area contributed by atoms with E-state index in [-0.39, 0.29) is 17.8 Å². The van der Waals surface area contributed by atoms with Gasteiger partial charge < -0.3 is 10.0 Å². The molecule has 2 aromatic carbocycles. The van der Waals surface area contributed by atoms with Gasteiger partial charge in [0.25, 0.3) is 0 Å². The Bertz CT molecular complexity index is 874. The molecule has 0 radical (unpaired) electrons. The minimum Gasteiger partial charge on any atom is -0.508 e. The minimum atomic E-state index is -0.0547. The number of urea groups is 1. The first-order chi connectivity index (χ1) is 13.6. The largest absolute Gasteiger partial charge is 0.508 e. The van der Waals surface area contributed by atoms with Gasteiger partial charge in [0.1, 0.15) is 5.75 Å². The van der Waals surface area contributed by atoms with E-state index in [0.29, 0.717) is 12.6 Å². The Kier molecular flexibility index (Phi) is 5.33. The van der Waals surface area contributed by atoms with E-state index in [4.69, 9.17) is 0 Å². The average Bonchev–Trinajstić information content (AvgIpc) is 3.24. The van der Waals surface area contributed by atoms with Gasteiger partial charge in [-0.25, -0.2) is 4.79 Å². The molecule has 2 aromatic rings. The van der Waals surface area contributed by atoms with Gasteiger partial charge in [-0.15, -0.1) is 0 Å². The second-order valence-electron chi connectivity index (χ2n) is 7.79. The van der Waals surface area contributed by atoms with Crippen molar-refractivity contribution in [2.45, 2.75) is 44.2 Å².